The fourth-order valence-corrected chi connectivity index (χ4v) is 4.61. The maximum Gasteiger partial charge on any atom is 0.188 e. The highest BCUT2D eigenvalue weighted by atomic mass is 79.9. The van der Waals surface area contributed by atoms with Gasteiger partial charge in [0.2, 0.25) is 0 Å². The summed E-state index contributed by atoms with van der Waals surface area (Å²) in [5, 5.41) is 0.974. The molecule has 2 atom stereocenters. The van der Waals surface area contributed by atoms with Gasteiger partial charge in [-0.2, -0.15) is 0 Å². The first-order valence-corrected chi connectivity index (χ1v) is 8.44. The van der Waals surface area contributed by atoms with Crippen molar-refractivity contribution in [3.8, 4) is 0 Å². The van der Waals surface area contributed by atoms with E-state index in [1.165, 1.54) is 4.88 Å². The fraction of sp³-hybridized carbons (Fsp3) is 0.385. The summed E-state index contributed by atoms with van der Waals surface area (Å²) in [6, 6.07) is 6.18. The Kier molecular flexibility index (Phi) is 5.00. The number of nitrogens with zero attached hydrogens (tertiary/aromatic N) is 2. The van der Waals surface area contributed by atoms with Crippen LogP contribution in [0.1, 0.15) is 28.4 Å². The van der Waals surface area contributed by atoms with E-state index in [1.807, 2.05) is 26.8 Å². The Hall–Kier alpha value is -0.430. The summed E-state index contributed by atoms with van der Waals surface area (Å²) in [5.41, 5.74) is 8.10. The number of hydrogen-bond donors (Lipinski definition) is 1. The second-order valence-corrected chi connectivity index (χ2v) is 8.08. The van der Waals surface area contributed by atoms with Gasteiger partial charge in [-0.25, -0.2) is 9.97 Å². The Morgan fingerprint density at radius 3 is 2.37 bits per heavy atom. The predicted octanol–water partition coefficient (Wildman–Crippen LogP) is 4.10. The number of hydrogen-bond acceptors (Lipinski definition) is 5. The van der Waals surface area contributed by atoms with Gasteiger partial charge in [-0.1, -0.05) is 11.8 Å². The van der Waals surface area contributed by atoms with Crippen LogP contribution in [0.15, 0.2) is 27.1 Å². The summed E-state index contributed by atoms with van der Waals surface area (Å²) in [4.78, 5) is 10.2. The first kappa shape index (κ1) is 15.0. The smallest absolute Gasteiger partial charge is 0.188 e. The topological polar surface area (TPSA) is 51.8 Å². The zero-order chi connectivity index (χ0) is 14.0. The van der Waals surface area contributed by atoms with Crippen LogP contribution in [-0.2, 0) is 0 Å². The van der Waals surface area contributed by atoms with Crippen molar-refractivity contribution in [1.82, 2.24) is 9.97 Å². The van der Waals surface area contributed by atoms with Crippen LogP contribution in [-0.4, -0.2) is 16.0 Å². The third-order valence-electron chi connectivity index (χ3n) is 2.55. The van der Waals surface area contributed by atoms with Gasteiger partial charge in [0.25, 0.3) is 0 Å². The summed E-state index contributed by atoms with van der Waals surface area (Å²) >= 11 is 6.84. The molecule has 2 aromatic heterocycles. The Morgan fingerprint density at radius 2 is 1.89 bits per heavy atom. The molecule has 0 fully saturated rings. The summed E-state index contributed by atoms with van der Waals surface area (Å²) in [7, 11) is 0. The van der Waals surface area contributed by atoms with E-state index >= 15 is 0 Å². The molecule has 3 nitrogen and oxygen atoms in total. The third-order valence-corrected chi connectivity index (χ3v) is 5.73. The molecule has 0 bridgehead atoms. The molecule has 0 amide bonds. The molecule has 0 aliphatic rings. The van der Waals surface area contributed by atoms with Gasteiger partial charge < -0.3 is 5.73 Å². The Balaban J connectivity index is 2.26. The highest BCUT2D eigenvalue weighted by Gasteiger charge is 2.21. The summed E-state index contributed by atoms with van der Waals surface area (Å²) in [5.74, 6) is 0. The molecule has 0 saturated heterocycles. The summed E-state index contributed by atoms with van der Waals surface area (Å²) < 4.78 is 1.12. The molecule has 0 saturated carbocycles. The Bertz CT molecular complexity index is 549. The van der Waals surface area contributed by atoms with Crippen LogP contribution in [0.4, 0.5) is 0 Å². The lowest BCUT2D eigenvalue weighted by Crippen LogP contribution is -2.22. The highest BCUT2D eigenvalue weighted by molar-refractivity contribution is 9.11. The number of thiophene rings is 1. The van der Waals surface area contributed by atoms with Gasteiger partial charge in [-0.15, -0.1) is 11.3 Å². The minimum absolute atomic E-state index is 0.0416. The highest BCUT2D eigenvalue weighted by Crippen LogP contribution is 2.40. The zero-order valence-corrected chi connectivity index (χ0v) is 14.3. The number of nitrogens with two attached hydrogens (primary N) is 1. The van der Waals surface area contributed by atoms with Gasteiger partial charge in [-0.3, -0.25) is 0 Å². The van der Waals surface area contributed by atoms with Crippen LogP contribution in [0.3, 0.4) is 0 Å². The first-order chi connectivity index (χ1) is 8.95. The molecule has 0 aliphatic carbocycles. The average Bonchev–Trinajstić information content (AvgIpc) is 2.70. The van der Waals surface area contributed by atoms with E-state index < -0.39 is 0 Å². The molecule has 2 N–H and O–H groups in total. The lowest BCUT2D eigenvalue weighted by atomic mass is 10.2. The Labute approximate surface area is 130 Å². The van der Waals surface area contributed by atoms with Gasteiger partial charge in [0, 0.05) is 22.3 Å². The molecular weight excluding hydrogens is 342 g/mol. The normalized spacial score (nSPS) is 14.4. The lowest BCUT2D eigenvalue weighted by Gasteiger charge is -2.18. The van der Waals surface area contributed by atoms with Crippen molar-refractivity contribution in [1.29, 1.82) is 0 Å². The second-order valence-electron chi connectivity index (χ2n) is 4.47. The van der Waals surface area contributed by atoms with Crippen molar-refractivity contribution in [3.05, 3.63) is 38.3 Å². The van der Waals surface area contributed by atoms with Gasteiger partial charge in [-0.05, 0) is 54.9 Å². The van der Waals surface area contributed by atoms with Crippen molar-refractivity contribution < 1.29 is 0 Å². The molecule has 2 rings (SSSR count). The van der Waals surface area contributed by atoms with Crippen LogP contribution in [0.25, 0.3) is 0 Å². The van der Waals surface area contributed by atoms with Gasteiger partial charge >= 0.3 is 0 Å². The molecule has 6 heteroatoms. The fourth-order valence-electron chi connectivity index (χ4n) is 1.77. The van der Waals surface area contributed by atoms with Crippen molar-refractivity contribution in [2.45, 2.75) is 37.2 Å². The Morgan fingerprint density at radius 1 is 1.26 bits per heavy atom. The van der Waals surface area contributed by atoms with Crippen LogP contribution in [0, 0.1) is 13.8 Å². The van der Waals surface area contributed by atoms with E-state index in [4.69, 9.17) is 5.73 Å². The molecule has 0 radical (unpaired) electrons. The van der Waals surface area contributed by atoms with Crippen molar-refractivity contribution in [2.75, 3.05) is 0 Å². The molecular formula is C13H16BrN3S2. The summed E-state index contributed by atoms with van der Waals surface area (Å²) in [6.07, 6.45) is 0. The second kappa shape index (κ2) is 6.35. The maximum atomic E-state index is 6.12. The minimum Gasteiger partial charge on any atom is -0.327 e. The van der Waals surface area contributed by atoms with E-state index in [1.54, 1.807) is 23.1 Å². The number of halogens is 1. The molecule has 2 unspecified atom stereocenters. The molecule has 0 aliphatic heterocycles. The van der Waals surface area contributed by atoms with Gasteiger partial charge in [0.05, 0.1) is 9.04 Å². The van der Waals surface area contributed by atoms with E-state index in [9.17, 15) is 0 Å². The van der Waals surface area contributed by atoms with Crippen LogP contribution in [0.2, 0.25) is 0 Å². The van der Waals surface area contributed by atoms with E-state index in [0.717, 1.165) is 20.3 Å². The molecule has 2 aromatic rings. The number of aromatic nitrogens is 2. The van der Waals surface area contributed by atoms with Crippen molar-refractivity contribution >= 4 is 39.0 Å². The predicted molar refractivity (Wildman–Crippen MR) is 85.8 cm³/mol. The van der Waals surface area contributed by atoms with E-state index in [0.29, 0.717) is 0 Å². The monoisotopic (exact) mass is 357 g/mol. The average molecular weight is 358 g/mol. The SMILES string of the molecule is Cc1cc(C)nc(SC(c2ccc(Br)s2)C(C)N)n1. The zero-order valence-electron chi connectivity index (χ0n) is 11.1. The standard InChI is InChI=1S/C13H16BrN3S2/c1-7-6-8(2)17-13(16-7)19-12(9(3)15)10-4-5-11(14)18-10/h4-6,9,12H,15H2,1-3H3. The minimum atomic E-state index is 0.0416. The van der Waals surface area contributed by atoms with E-state index in [-0.39, 0.29) is 11.3 Å². The van der Waals surface area contributed by atoms with Gasteiger partial charge in [0.15, 0.2) is 5.16 Å². The maximum absolute atomic E-state index is 6.12. The third kappa shape index (κ3) is 4.02. The number of rotatable bonds is 4. The molecule has 0 spiro atoms. The van der Waals surface area contributed by atoms with Crippen LogP contribution < -0.4 is 5.73 Å². The largest absolute Gasteiger partial charge is 0.327 e. The molecule has 2 heterocycles. The lowest BCUT2D eigenvalue weighted by molar-refractivity contribution is 0.725. The molecule has 0 aromatic carbocycles. The van der Waals surface area contributed by atoms with Crippen molar-refractivity contribution in [2.24, 2.45) is 5.73 Å². The molecule has 102 valence electrons. The quantitative estimate of drug-likeness (QED) is 0.660. The van der Waals surface area contributed by atoms with Gasteiger partial charge in [0.1, 0.15) is 0 Å². The number of thioether (sulfide) groups is 1. The van der Waals surface area contributed by atoms with Crippen LogP contribution >= 0.6 is 39.0 Å². The summed E-state index contributed by atoms with van der Waals surface area (Å²) in [6.45, 7) is 6.00. The van der Waals surface area contributed by atoms with Crippen LogP contribution in [0.5, 0.6) is 0 Å². The number of aryl methyl sites for hydroxylation is 2. The first-order valence-electron chi connectivity index (χ1n) is 5.95. The molecule has 19 heavy (non-hydrogen) atoms. The van der Waals surface area contributed by atoms with Crippen molar-refractivity contribution in [3.63, 3.8) is 0 Å². The van der Waals surface area contributed by atoms with E-state index in [2.05, 4.69) is 38.0 Å².